The van der Waals surface area contributed by atoms with Crippen LogP contribution in [0.3, 0.4) is 0 Å². The predicted octanol–water partition coefficient (Wildman–Crippen LogP) is 2.11. The fourth-order valence-corrected chi connectivity index (χ4v) is 3.01. The van der Waals surface area contributed by atoms with Crippen LogP contribution < -0.4 is 11.0 Å². The van der Waals surface area contributed by atoms with Gasteiger partial charge in [0.25, 0.3) is 0 Å². The summed E-state index contributed by atoms with van der Waals surface area (Å²) in [7, 11) is 0. The van der Waals surface area contributed by atoms with Gasteiger partial charge < -0.3 is 5.32 Å². The first-order chi connectivity index (χ1) is 9.63. The fraction of sp³-hybridized carbons (Fsp3) is 0.643. The summed E-state index contributed by atoms with van der Waals surface area (Å²) < 4.78 is 1.49. The summed E-state index contributed by atoms with van der Waals surface area (Å²) in [4.78, 5) is 16.0. The van der Waals surface area contributed by atoms with Gasteiger partial charge in [-0.15, -0.1) is 0 Å². The smallest absolute Gasteiger partial charge is 0.349 e. The van der Waals surface area contributed by atoms with Crippen LogP contribution in [0.5, 0.6) is 0 Å². The van der Waals surface area contributed by atoms with Crippen molar-refractivity contribution in [1.29, 1.82) is 0 Å². The summed E-state index contributed by atoms with van der Waals surface area (Å²) in [5.74, 6) is 2.29. The van der Waals surface area contributed by atoms with E-state index in [1.54, 1.807) is 0 Å². The Bertz CT molecular complexity index is 659. The van der Waals surface area contributed by atoms with Crippen LogP contribution in [0.25, 0.3) is 5.65 Å². The Morgan fingerprint density at radius 2 is 2.20 bits per heavy atom. The standard InChI is InChI=1S/C14H21N5O/c1-9-4-3-5-11(7-6-9)16-12-8-13-17-18-14(20)19(13)10(2)15-12/h8-9,11,16H,3-7H2,1-2H3,(H,18,20). The van der Waals surface area contributed by atoms with Gasteiger partial charge in [-0.05, 0) is 32.1 Å². The summed E-state index contributed by atoms with van der Waals surface area (Å²) in [6.07, 6.45) is 6.21. The third-order valence-corrected chi connectivity index (χ3v) is 4.18. The molecule has 0 saturated heterocycles. The monoisotopic (exact) mass is 275 g/mol. The van der Waals surface area contributed by atoms with Crippen molar-refractivity contribution in [2.45, 2.75) is 52.0 Å². The second-order valence-corrected chi connectivity index (χ2v) is 5.87. The fourth-order valence-electron chi connectivity index (χ4n) is 3.01. The van der Waals surface area contributed by atoms with Crippen LogP contribution in [-0.2, 0) is 0 Å². The van der Waals surface area contributed by atoms with Gasteiger partial charge in [0.05, 0.1) is 0 Å². The summed E-state index contributed by atoms with van der Waals surface area (Å²) in [5, 5.41) is 9.97. The van der Waals surface area contributed by atoms with E-state index in [1.807, 2.05) is 13.0 Å². The lowest BCUT2D eigenvalue weighted by atomic mass is 10.0. The average molecular weight is 275 g/mol. The van der Waals surface area contributed by atoms with Crippen molar-refractivity contribution in [2.75, 3.05) is 5.32 Å². The van der Waals surface area contributed by atoms with Crippen molar-refractivity contribution in [3.05, 3.63) is 22.4 Å². The molecule has 1 fully saturated rings. The highest BCUT2D eigenvalue weighted by atomic mass is 16.1. The molecule has 6 nitrogen and oxygen atoms in total. The molecule has 3 rings (SSSR count). The van der Waals surface area contributed by atoms with Crippen molar-refractivity contribution in [1.82, 2.24) is 19.6 Å². The van der Waals surface area contributed by atoms with Crippen LogP contribution in [0.15, 0.2) is 10.9 Å². The van der Waals surface area contributed by atoms with Crippen LogP contribution in [0, 0.1) is 12.8 Å². The molecule has 2 N–H and O–H groups in total. The van der Waals surface area contributed by atoms with Gasteiger partial charge in [0, 0.05) is 12.1 Å². The van der Waals surface area contributed by atoms with E-state index in [-0.39, 0.29) is 5.69 Å². The Kier molecular flexibility index (Phi) is 3.46. The number of hydrogen-bond donors (Lipinski definition) is 2. The van der Waals surface area contributed by atoms with E-state index < -0.39 is 0 Å². The molecule has 1 aliphatic rings. The van der Waals surface area contributed by atoms with E-state index in [4.69, 9.17) is 0 Å². The van der Waals surface area contributed by atoms with E-state index in [0.29, 0.717) is 17.5 Å². The van der Waals surface area contributed by atoms with Gasteiger partial charge in [-0.2, -0.15) is 5.10 Å². The molecule has 2 unspecified atom stereocenters. The summed E-state index contributed by atoms with van der Waals surface area (Å²) in [6, 6.07) is 2.30. The highest BCUT2D eigenvalue weighted by Crippen LogP contribution is 2.24. The van der Waals surface area contributed by atoms with Crippen molar-refractivity contribution < 1.29 is 0 Å². The second-order valence-electron chi connectivity index (χ2n) is 5.87. The minimum atomic E-state index is -0.236. The van der Waals surface area contributed by atoms with E-state index in [2.05, 4.69) is 27.4 Å². The molecule has 0 radical (unpaired) electrons. The van der Waals surface area contributed by atoms with Crippen LogP contribution >= 0.6 is 0 Å². The Labute approximate surface area is 117 Å². The maximum absolute atomic E-state index is 11.6. The van der Waals surface area contributed by atoms with E-state index in [1.165, 1.54) is 36.5 Å². The first-order valence-corrected chi connectivity index (χ1v) is 7.35. The normalized spacial score (nSPS) is 23.7. The molecule has 1 aliphatic carbocycles. The molecule has 108 valence electrons. The van der Waals surface area contributed by atoms with Crippen LogP contribution in [-0.4, -0.2) is 25.6 Å². The minimum Gasteiger partial charge on any atom is -0.367 e. The van der Waals surface area contributed by atoms with Gasteiger partial charge in [0.2, 0.25) is 0 Å². The highest BCUT2D eigenvalue weighted by molar-refractivity contribution is 5.50. The average Bonchev–Trinajstić information content (AvgIpc) is 2.65. The third-order valence-electron chi connectivity index (χ3n) is 4.18. The molecule has 0 spiro atoms. The van der Waals surface area contributed by atoms with Crippen molar-refractivity contribution in [3.63, 3.8) is 0 Å². The molecule has 20 heavy (non-hydrogen) atoms. The van der Waals surface area contributed by atoms with E-state index >= 15 is 0 Å². The first kappa shape index (κ1) is 13.1. The van der Waals surface area contributed by atoms with E-state index in [0.717, 1.165) is 11.7 Å². The summed E-state index contributed by atoms with van der Waals surface area (Å²) in [6.45, 7) is 4.15. The van der Waals surface area contributed by atoms with Crippen molar-refractivity contribution in [2.24, 2.45) is 5.92 Å². The van der Waals surface area contributed by atoms with Crippen LogP contribution in [0.2, 0.25) is 0 Å². The quantitative estimate of drug-likeness (QED) is 0.823. The first-order valence-electron chi connectivity index (χ1n) is 7.35. The maximum Gasteiger partial charge on any atom is 0.349 e. The molecule has 2 atom stereocenters. The molecular weight excluding hydrogens is 254 g/mol. The molecule has 2 aromatic heterocycles. The number of aromatic nitrogens is 4. The number of H-pyrrole nitrogens is 1. The van der Waals surface area contributed by atoms with Crippen LogP contribution in [0.4, 0.5) is 5.82 Å². The molecule has 2 heterocycles. The molecular formula is C14H21N5O. The molecule has 2 aromatic rings. The number of hydrogen-bond acceptors (Lipinski definition) is 4. The van der Waals surface area contributed by atoms with Gasteiger partial charge in [-0.1, -0.05) is 19.8 Å². The predicted molar refractivity (Wildman–Crippen MR) is 78.0 cm³/mol. The number of nitrogens with one attached hydrogen (secondary N) is 2. The number of anilines is 1. The number of fused-ring (bicyclic) bond motifs is 1. The zero-order valence-electron chi connectivity index (χ0n) is 12.0. The molecule has 6 heteroatoms. The molecule has 1 saturated carbocycles. The topological polar surface area (TPSA) is 75.1 Å². The third kappa shape index (κ3) is 2.55. The zero-order valence-corrected chi connectivity index (χ0v) is 12.0. The molecule has 0 bridgehead atoms. The minimum absolute atomic E-state index is 0.236. The van der Waals surface area contributed by atoms with Gasteiger partial charge in [0.1, 0.15) is 11.6 Å². The lowest BCUT2D eigenvalue weighted by Crippen LogP contribution is -2.20. The number of aryl methyl sites for hydroxylation is 1. The van der Waals surface area contributed by atoms with Gasteiger partial charge in [0.15, 0.2) is 5.65 Å². The maximum atomic E-state index is 11.6. The Hall–Kier alpha value is -1.85. The number of rotatable bonds is 2. The highest BCUT2D eigenvalue weighted by Gasteiger charge is 2.17. The second kappa shape index (κ2) is 5.26. The number of aromatic amines is 1. The summed E-state index contributed by atoms with van der Waals surface area (Å²) >= 11 is 0. The number of nitrogens with zero attached hydrogens (tertiary/aromatic N) is 3. The molecule has 0 aromatic carbocycles. The van der Waals surface area contributed by atoms with Gasteiger partial charge in [-0.25, -0.2) is 19.3 Å². The lowest BCUT2D eigenvalue weighted by Gasteiger charge is -2.17. The molecule has 0 amide bonds. The van der Waals surface area contributed by atoms with Gasteiger partial charge >= 0.3 is 5.69 Å². The van der Waals surface area contributed by atoms with Crippen LogP contribution in [0.1, 0.15) is 44.9 Å². The molecule has 0 aliphatic heterocycles. The SMILES string of the molecule is Cc1nc(NC2CCCC(C)CC2)cc2n[nH]c(=O)n12. The lowest BCUT2D eigenvalue weighted by molar-refractivity contribution is 0.502. The largest absolute Gasteiger partial charge is 0.367 e. The summed E-state index contributed by atoms with van der Waals surface area (Å²) in [5.41, 5.74) is 0.381. The Morgan fingerprint density at radius 1 is 1.35 bits per heavy atom. The van der Waals surface area contributed by atoms with E-state index in [9.17, 15) is 4.79 Å². The Morgan fingerprint density at radius 3 is 3.05 bits per heavy atom. The van der Waals surface area contributed by atoms with Crippen molar-refractivity contribution >= 4 is 11.5 Å². The van der Waals surface area contributed by atoms with Crippen molar-refractivity contribution in [3.8, 4) is 0 Å². The Balaban J connectivity index is 1.82. The van der Waals surface area contributed by atoms with Gasteiger partial charge in [-0.3, -0.25) is 0 Å². The zero-order chi connectivity index (χ0) is 14.1.